The predicted octanol–water partition coefficient (Wildman–Crippen LogP) is 1.54. The molecule has 0 saturated carbocycles. The number of carbonyl (C=O) groups is 1. The van der Waals surface area contributed by atoms with E-state index in [2.05, 4.69) is 20.4 Å². The number of hydrogen-bond donors (Lipinski definition) is 1. The molecular formula is C20H27N7O3S. The normalized spacial score (nSPS) is 11.5. The van der Waals surface area contributed by atoms with Crippen molar-refractivity contribution in [2.45, 2.75) is 46.2 Å². The zero-order valence-electron chi connectivity index (χ0n) is 18.8. The van der Waals surface area contributed by atoms with E-state index in [1.165, 1.54) is 11.6 Å². The van der Waals surface area contributed by atoms with Crippen molar-refractivity contribution in [2.75, 3.05) is 11.1 Å². The summed E-state index contributed by atoms with van der Waals surface area (Å²) in [5, 5.41) is 7.81. The van der Waals surface area contributed by atoms with Gasteiger partial charge in [-0.1, -0.05) is 25.6 Å². The molecule has 0 atom stereocenters. The Hall–Kier alpha value is -2.95. The summed E-state index contributed by atoms with van der Waals surface area (Å²) >= 11 is 1.15. The van der Waals surface area contributed by atoms with E-state index >= 15 is 0 Å². The Kier molecular flexibility index (Phi) is 6.35. The van der Waals surface area contributed by atoms with Gasteiger partial charge < -0.3 is 5.32 Å². The molecule has 1 amide bonds. The number of anilines is 1. The predicted molar refractivity (Wildman–Crippen MR) is 121 cm³/mol. The number of aryl methyl sites for hydroxylation is 3. The summed E-state index contributed by atoms with van der Waals surface area (Å²) in [7, 11) is 3.25. The molecule has 0 aromatic carbocycles. The third kappa shape index (κ3) is 4.41. The van der Waals surface area contributed by atoms with Gasteiger partial charge in [0.05, 0.1) is 22.8 Å². The molecule has 3 rings (SSSR count). The minimum Gasteiger partial charge on any atom is -0.322 e. The van der Waals surface area contributed by atoms with Crippen LogP contribution in [0, 0.1) is 26.7 Å². The largest absolute Gasteiger partial charge is 0.332 e. The van der Waals surface area contributed by atoms with E-state index in [0.29, 0.717) is 28.7 Å². The number of amides is 1. The Balaban J connectivity index is 1.99. The molecule has 0 aliphatic carbocycles. The third-order valence-corrected chi connectivity index (χ3v) is 5.90. The Labute approximate surface area is 183 Å². The number of hydrogen-bond acceptors (Lipinski definition) is 7. The second-order valence-corrected chi connectivity index (χ2v) is 8.90. The van der Waals surface area contributed by atoms with Crippen LogP contribution in [0.15, 0.2) is 14.6 Å². The van der Waals surface area contributed by atoms with Gasteiger partial charge in [-0.25, -0.2) is 14.8 Å². The monoisotopic (exact) mass is 445 g/mol. The van der Waals surface area contributed by atoms with Gasteiger partial charge in [0.15, 0.2) is 5.65 Å². The standard InChI is InChI=1S/C20H27N7O3S/c1-10(2)8-27-17-15(19(29)25(6)20(27)30)18(22-13(5)21-17)31-9-14(28)23-16-11(3)24-26(7)12(16)4/h10H,8-9H2,1-7H3,(H,23,28). The number of fused-ring (bicyclic) bond motifs is 1. The molecule has 0 unspecified atom stereocenters. The van der Waals surface area contributed by atoms with Gasteiger partial charge in [-0.15, -0.1) is 0 Å². The van der Waals surface area contributed by atoms with Crippen LogP contribution >= 0.6 is 11.8 Å². The molecule has 3 aromatic heterocycles. The molecule has 31 heavy (non-hydrogen) atoms. The lowest BCUT2D eigenvalue weighted by Crippen LogP contribution is -2.39. The molecule has 166 valence electrons. The molecule has 0 fully saturated rings. The van der Waals surface area contributed by atoms with Crippen molar-refractivity contribution < 1.29 is 4.79 Å². The summed E-state index contributed by atoms with van der Waals surface area (Å²) in [6.07, 6.45) is 0. The fraction of sp³-hybridized carbons (Fsp3) is 0.500. The van der Waals surface area contributed by atoms with Crippen molar-refractivity contribution in [2.24, 2.45) is 20.0 Å². The molecule has 0 saturated heterocycles. The molecule has 0 bridgehead atoms. The number of rotatable bonds is 6. The molecule has 0 radical (unpaired) electrons. The minimum absolute atomic E-state index is 0.0474. The van der Waals surface area contributed by atoms with Crippen LogP contribution in [0.3, 0.4) is 0 Å². The first-order valence-corrected chi connectivity index (χ1v) is 10.9. The Bertz CT molecular complexity index is 1290. The lowest BCUT2D eigenvalue weighted by atomic mass is 10.2. The van der Waals surface area contributed by atoms with E-state index in [-0.39, 0.29) is 23.0 Å². The summed E-state index contributed by atoms with van der Waals surface area (Å²) < 4.78 is 4.27. The topological polar surface area (TPSA) is 117 Å². The number of aromatic nitrogens is 6. The van der Waals surface area contributed by atoms with Crippen LogP contribution in [0.4, 0.5) is 5.69 Å². The van der Waals surface area contributed by atoms with Crippen molar-refractivity contribution in [3.05, 3.63) is 38.1 Å². The molecule has 0 aliphatic heterocycles. The smallest absolute Gasteiger partial charge is 0.322 e. The van der Waals surface area contributed by atoms with Crippen LogP contribution in [-0.2, 0) is 25.4 Å². The van der Waals surface area contributed by atoms with Gasteiger partial charge in [0, 0.05) is 20.6 Å². The first-order valence-electron chi connectivity index (χ1n) is 9.92. The van der Waals surface area contributed by atoms with Crippen molar-refractivity contribution in [3.63, 3.8) is 0 Å². The molecule has 0 aliphatic rings. The summed E-state index contributed by atoms with van der Waals surface area (Å²) in [6.45, 7) is 9.80. The Morgan fingerprint density at radius 1 is 1.13 bits per heavy atom. The molecule has 10 nitrogen and oxygen atoms in total. The van der Waals surface area contributed by atoms with Crippen LogP contribution in [0.25, 0.3) is 11.0 Å². The molecular weight excluding hydrogens is 418 g/mol. The summed E-state index contributed by atoms with van der Waals surface area (Å²) in [4.78, 5) is 46.9. The summed E-state index contributed by atoms with van der Waals surface area (Å²) in [5.41, 5.74) is 1.68. The van der Waals surface area contributed by atoms with Gasteiger partial charge >= 0.3 is 5.69 Å². The fourth-order valence-electron chi connectivity index (χ4n) is 3.34. The average Bonchev–Trinajstić information content (AvgIpc) is 2.93. The maximum absolute atomic E-state index is 12.9. The fourth-order valence-corrected chi connectivity index (χ4v) is 4.20. The quantitative estimate of drug-likeness (QED) is 0.452. The summed E-state index contributed by atoms with van der Waals surface area (Å²) in [6, 6.07) is 0. The second kappa shape index (κ2) is 8.66. The zero-order chi connectivity index (χ0) is 23.0. The third-order valence-electron chi connectivity index (χ3n) is 4.92. The lowest BCUT2D eigenvalue weighted by molar-refractivity contribution is -0.113. The van der Waals surface area contributed by atoms with Crippen LogP contribution in [0.5, 0.6) is 0 Å². The number of carbonyl (C=O) groups excluding carboxylic acids is 1. The van der Waals surface area contributed by atoms with E-state index < -0.39 is 11.2 Å². The zero-order valence-corrected chi connectivity index (χ0v) is 19.6. The maximum atomic E-state index is 12.9. The lowest BCUT2D eigenvalue weighted by Gasteiger charge is -2.15. The number of nitrogens with zero attached hydrogens (tertiary/aromatic N) is 6. The molecule has 1 N–H and O–H groups in total. The SMILES string of the molecule is Cc1nc(SCC(=O)Nc2c(C)nn(C)c2C)c2c(=O)n(C)c(=O)n(CC(C)C)c2n1. The van der Waals surface area contributed by atoms with E-state index in [9.17, 15) is 14.4 Å². The van der Waals surface area contributed by atoms with E-state index in [0.717, 1.165) is 27.7 Å². The Morgan fingerprint density at radius 2 is 1.81 bits per heavy atom. The molecule has 0 spiro atoms. The highest BCUT2D eigenvalue weighted by Crippen LogP contribution is 2.24. The minimum atomic E-state index is -0.470. The summed E-state index contributed by atoms with van der Waals surface area (Å²) in [5.74, 6) is 0.424. The average molecular weight is 446 g/mol. The van der Waals surface area contributed by atoms with E-state index in [4.69, 9.17) is 0 Å². The van der Waals surface area contributed by atoms with E-state index in [1.54, 1.807) is 11.6 Å². The maximum Gasteiger partial charge on any atom is 0.332 e. The first kappa shape index (κ1) is 22.7. The highest BCUT2D eigenvalue weighted by atomic mass is 32.2. The molecule has 3 heterocycles. The van der Waals surface area contributed by atoms with Crippen molar-refractivity contribution >= 4 is 34.4 Å². The van der Waals surface area contributed by atoms with E-state index in [1.807, 2.05) is 34.7 Å². The number of thioether (sulfide) groups is 1. The van der Waals surface area contributed by atoms with Gasteiger partial charge in [0.25, 0.3) is 5.56 Å². The van der Waals surface area contributed by atoms with Gasteiger partial charge in [0.2, 0.25) is 5.91 Å². The van der Waals surface area contributed by atoms with Crippen LogP contribution in [0.2, 0.25) is 0 Å². The van der Waals surface area contributed by atoms with Gasteiger partial charge in [-0.3, -0.25) is 23.4 Å². The highest BCUT2D eigenvalue weighted by Gasteiger charge is 2.20. The second-order valence-electron chi connectivity index (χ2n) is 7.93. The van der Waals surface area contributed by atoms with Crippen molar-refractivity contribution in [1.82, 2.24) is 28.9 Å². The van der Waals surface area contributed by atoms with Gasteiger partial charge in [-0.2, -0.15) is 5.10 Å². The van der Waals surface area contributed by atoms with Crippen LogP contribution in [0.1, 0.15) is 31.1 Å². The first-order chi connectivity index (χ1) is 14.5. The molecule has 11 heteroatoms. The Morgan fingerprint density at radius 3 is 2.39 bits per heavy atom. The van der Waals surface area contributed by atoms with Crippen molar-refractivity contribution in [3.8, 4) is 0 Å². The van der Waals surface area contributed by atoms with Crippen LogP contribution < -0.4 is 16.6 Å². The molecule has 3 aromatic rings. The van der Waals surface area contributed by atoms with Crippen LogP contribution in [-0.4, -0.2) is 40.5 Å². The number of nitrogens with one attached hydrogen (secondary N) is 1. The van der Waals surface area contributed by atoms with Crippen molar-refractivity contribution in [1.29, 1.82) is 0 Å². The van der Waals surface area contributed by atoms with Gasteiger partial charge in [0.1, 0.15) is 16.2 Å². The highest BCUT2D eigenvalue weighted by molar-refractivity contribution is 8.00. The van der Waals surface area contributed by atoms with Gasteiger partial charge in [-0.05, 0) is 26.7 Å².